The molecule has 19 heavy (non-hydrogen) atoms. The molecular formula is C13H25N3O3. The third-order valence-corrected chi connectivity index (χ3v) is 3.45. The maximum Gasteiger partial charge on any atom is 0.304 e. The summed E-state index contributed by atoms with van der Waals surface area (Å²) in [5.41, 5.74) is -0.530. The number of carboxylic acids is 1. The second-order valence-electron chi connectivity index (χ2n) is 5.43. The Labute approximate surface area is 114 Å². The van der Waals surface area contributed by atoms with Gasteiger partial charge in [-0.15, -0.1) is 0 Å². The topological polar surface area (TPSA) is 72.9 Å². The van der Waals surface area contributed by atoms with E-state index in [0.717, 1.165) is 19.6 Å². The Bertz CT molecular complexity index is 323. The van der Waals surface area contributed by atoms with Gasteiger partial charge in [-0.1, -0.05) is 6.92 Å². The average molecular weight is 271 g/mol. The molecule has 1 fully saturated rings. The van der Waals surface area contributed by atoms with Crippen LogP contribution in [0.3, 0.4) is 0 Å². The first-order valence-corrected chi connectivity index (χ1v) is 6.85. The molecule has 0 spiro atoms. The van der Waals surface area contributed by atoms with Crippen LogP contribution in [-0.2, 0) is 9.59 Å². The van der Waals surface area contributed by atoms with Crippen LogP contribution in [0, 0.1) is 0 Å². The summed E-state index contributed by atoms with van der Waals surface area (Å²) >= 11 is 0. The second kappa shape index (κ2) is 6.86. The molecule has 0 atom stereocenters. The number of rotatable bonds is 6. The Morgan fingerprint density at radius 3 is 2.26 bits per heavy atom. The number of amides is 1. The van der Waals surface area contributed by atoms with Gasteiger partial charge in [-0.2, -0.15) is 0 Å². The molecule has 6 nitrogen and oxygen atoms in total. The quantitative estimate of drug-likeness (QED) is 0.711. The smallest absolute Gasteiger partial charge is 0.304 e. The number of hydrogen-bond acceptors (Lipinski definition) is 4. The van der Waals surface area contributed by atoms with Crippen molar-refractivity contribution >= 4 is 11.9 Å². The summed E-state index contributed by atoms with van der Waals surface area (Å²) in [6, 6.07) is 0. The predicted molar refractivity (Wildman–Crippen MR) is 73.0 cm³/mol. The maximum atomic E-state index is 12.3. The van der Waals surface area contributed by atoms with E-state index in [4.69, 9.17) is 5.11 Å². The first-order chi connectivity index (χ1) is 8.86. The van der Waals surface area contributed by atoms with Gasteiger partial charge in [-0.3, -0.25) is 14.5 Å². The molecule has 0 radical (unpaired) electrons. The molecule has 110 valence electrons. The summed E-state index contributed by atoms with van der Waals surface area (Å²) in [7, 11) is 0. The molecule has 0 bridgehead atoms. The number of carbonyl (C=O) groups excluding carboxylic acids is 1. The number of piperazine rings is 1. The molecule has 0 aliphatic carbocycles. The van der Waals surface area contributed by atoms with Gasteiger partial charge < -0.3 is 15.3 Å². The van der Waals surface area contributed by atoms with Crippen LogP contribution in [0.15, 0.2) is 0 Å². The highest BCUT2D eigenvalue weighted by atomic mass is 16.4. The third-order valence-electron chi connectivity index (χ3n) is 3.45. The zero-order valence-electron chi connectivity index (χ0n) is 12.1. The number of likely N-dealkylation sites (N-methyl/N-ethyl adjacent to an activating group) is 1. The minimum atomic E-state index is -0.771. The van der Waals surface area contributed by atoms with Crippen molar-refractivity contribution in [1.82, 2.24) is 15.1 Å². The van der Waals surface area contributed by atoms with Gasteiger partial charge in [0.15, 0.2) is 0 Å². The van der Waals surface area contributed by atoms with Crippen molar-refractivity contribution in [3.05, 3.63) is 0 Å². The van der Waals surface area contributed by atoms with E-state index in [2.05, 4.69) is 10.2 Å². The van der Waals surface area contributed by atoms with Crippen LogP contribution in [0.4, 0.5) is 0 Å². The van der Waals surface area contributed by atoms with Crippen LogP contribution in [0.25, 0.3) is 0 Å². The summed E-state index contributed by atoms with van der Waals surface area (Å²) in [6.07, 6.45) is 0.164. The third kappa shape index (κ3) is 4.80. The zero-order chi connectivity index (χ0) is 14.5. The Morgan fingerprint density at radius 2 is 1.79 bits per heavy atom. The lowest BCUT2D eigenvalue weighted by atomic mass is 10.0. The molecule has 1 rings (SSSR count). The summed E-state index contributed by atoms with van der Waals surface area (Å²) in [6.45, 7) is 9.96. The molecule has 0 saturated carbocycles. The van der Waals surface area contributed by atoms with Crippen molar-refractivity contribution in [3.63, 3.8) is 0 Å². The van der Waals surface area contributed by atoms with Crippen LogP contribution in [0.5, 0.6) is 0 Å². The molecule has 0 aromatic carbocycles. The normalized spacial score (nSPS) is 17.5. The number of nitrogens with zero attached hydrogens (tertiary/aromatic N) is 2. The van der Waals surface area contributed by atoms with Gasteiger partial charge in [-0.05, 0) is 20.4 Å². The maximum absolute atomic E-state index is 12.3. The zero-order valence-corrected chi connectivity index (χ0v) is 12.1. The lowest BCUT2D eigenvalue weighted by Gasteiger charge is -2.38. The van der Waals surface area contributed by atoms with Crippen LogP contribution < -0.4 is 5.32 Å². The fraction of sp³-hybridized carbons (Fsp3) is 0.846. The highest BCUT2D eigenvalue weighted by Crippen LogP contribution is 2.11. The summed E-state index contributed by atoms with van der Waals surface area (Å²) in [4.78, 5) is 26.8. The van der Waals surface area contributed by atoms with Crippen LogP contribution in [0.1, 0.15) is 27.2 Å². The molecular weight excluding hydrogens is 246 g/mol. The fourth-order valence-electron chi connectivity index (χ4n) is 2.34. The monoisotopic (exact) mass is 271 g/mol. The van der Waals surface area contributed by atoms with E-state index in [0.29, 0.717) is 19.6 Å². The van der Waals surface area contributed by atoms with Gasteiger partial charge in [0, 0.05) is 32.7 Å². The number of hydrogen-bond donors (Lipinski definition) is 2. The van der Waals surface area contributed by atoms with Gasteiger partial charge in [0.25, 0.3) is 0 Å². The van der Waals surface area contributed by atoms with E-state index < -0.39 is 11.5 Å². The molecule has 1 aliphatic rings. The first-order valence-electron chi connectivity index (χ1n) is 6.85. The lowest BCUT2D eigenvalue weighted by molar-refractivity contribution is -0.140. The molecule has 2 N–H and O–H groups in total. The van der Waals surface area contributed by atoms with Crippen LogP contribution >= 0.6 is 0 Å². The fourth-order valence-corrected chi connectivity index (χ4v) is 2.34. The SMILES string of the molecule is CCNC(C)(C)C(=O)N1CCN(CCC(=O)O)CC1. The highest BCUT2D eigenvalue weighted by Gasteiger charge is 2.32. The summed E-state index contributed by atoms with van der Waals surface area (Å²) in [5, 5.41) is 11.8. The second-order valence-corrected chi connectivity index (χ2v) is 5.43. The largest absolute Gasteiger partial charge is 0.481 e. The minimum absolute atomic E-state index is 0.118. The minimum Gasteiger partial charge on any atom is -0.481 e. The van der Waals surface area contributed by atoms with E-state index in [9.17, 15) is 9.59 Å². The summed E-state index contributed by atoms with van der Waals surface area (Å²) in [5.74, 6) is -0.654. The van der Waals surface area contributed by atoms with Gasteiger partial charge >= 0.3 is 5.97 Å². The van der Waals surface area contributed by atoms with Crippen LogP contribution in [-0.4, -0.2) is 71.6 Å². The van der Waals surface area contributed by atoms with Crippen molar-refractivity contribution in [2.24, 2.45) is 0 Å². The predicted octanol–water partition coefficient (Wildman–Crippen LogP) is -0.00660. The van der Waals surface area contributed by atoms with E-state index >= 15 is 0 Å². The highest BCUT2D eigenvalue weighted by molar-refractivity contribution is 5.85. The van der Waals surface area contributed by atoms with Crippen molar-refractivity contribution < 1.29 is 14.7 Å². The molecule has 1 amide bonds. The molecule has 1 heterocycles. The lowest BCUT2D eigenvalue weighted by Crippen LogP contribution is -2.58. The van der Waals surface area contributed by atoms with E-state index in [1.807, 2.05) is 25.7 Å². The molecule has 0 unspecified atom stereocenters. The van der Waals surface area contributed by atoms with Gasteiger partial charge in [0.1, 0.15) is 0 Å². The molecule has 0 aromatic heterocycles. The molecule has 1 saturated heterocycles. The van der Waals surface area contributed by atoms with E-state index in [1.54, 1.807) is 0 Å². The van der Waals surface area contributed by atoms with Gasteiger partial charge in [0.05, 0.1) is 12.0 Å². The average Bonchev–Trinajstić information content (AvgIpc) is 2.36. The number of carbonyl (C=O) groups is 2. The van der Waals surface area contributed by atoms with Gasteiger partial charge in [0.2, 0.25) is 5.91 Å². The van der Waals surface area contributed by atoms with E-state index in [1.165, 1.54) is 0 Å². The standard InChI is InChI=1S/C13H25N3O3/c1-4-14-13(2,3)12(19)16-9-7-15(8-10-16)6-5-11(17)18/h14H,4-10H2,1-3H3,(H,17,18). The van der Waals surface area contributed by atoms with Crippen LogP contribution in [0.2, 0.25) is 0 Å². The van der Waals surface area contributed by atoms with Crippen molar-refractivity contribution in [2.75, 3.05) is 39.3 Å². The molecule has 1 aliphatic heterocycles. The molecule has 0 aromatic rings. The Hall–Kier alpha value is -1.14. The Kier molecular flexibility index (Phi) is 5.75. The number of carboxylic acid groups (broad SMARTS) is 1. The van der Waals surface area contributed by atoms with E-state index in [-0.39, 0.29) is 12.3 Å². The Morgan fingerprint density at radius 1 is 1.21 bits per heavy atom. The Balaban J connectivity index is 2.41. The summed E-state index contributed by atoms with van der Waals surface area (Å²) < 4.78 is 0. The van der Waals surface area contributed by atoms with Crippen molar-refractivity contribution in [1.29, 1.82) is 0 Å². The first kappa shape index (κ1) is 15.9. The number of nitrogens with one attached hydrogen (secondary N) is 1. The molecule has 6 heteroatoms. The van der Waals surface area contributed by atoms with Crippen molar-refractivity contribution in [2.45, 2.75) is 32.7 Å². The van der Waals surface area contributed by atoms with Gasteiger partial charge in [-0.25, -0.2) is 0 Å². The number of aliphatic carboxylic acids is 1. The van der Waals surface area contributed by atoms with Crippen molar-refractivity contribution in [3.8, 4) is 0 Å².